The van der Waals surface area contributed by atoms with Crippen LogP contribution in [0.2, 0.25) is 0 Å². The standard InChI is InChI=1S/C27H27N5O5/c1-3-31(4-2)22-15-13-19(14-16-22)17-23(29-26(34)20-9-6-5-7-10-20)27(35)30-28-18-21-11-8-12-24(25(21)33)32(36)37/h5-18,33H,3-4H2,1-2H3,(H,29,34)(H,30,35)/b23-17?,28-18+. The molecule has 0 radical (unpaired) electrons. The third-order valence-electron chi connectivity index (χ3n) is 5.47. The fourth-order valence-electron chi connectivity index (χ4n) is 3.50. The molecule has 0 aliphatic heterocycles. The van der Waals surface area contributed by atoms with Crippen molar-refractivity contribution in [2.45, 2.75) is 13.8 Å². The van der Waals surface area contributed by atoms with Crippen molar-refractivity contribution in [1.29, 1.82) is 0 Å². The molecule has 0 fully saturated rings. The Morgan fingerprint density at radius 3 is 2.30 bits per heavy atom. The monoisotopic (exact) mass is 501 g/mol. The number of nitro benzene ring substituents is 1. The van der Waals surface area contributed by atoms with Crippen LogP contribution in [0.15, 0.2) is 83.6 Å². The van der Waals surface area contributed by atoms with Crippen molar-refractivity contribution in [2.24, 2.45) is 5.10 Å². The highest BCUT2D eigenvalue weighted by Gasteiger charge is 2.16. The Kier molecular flexibility index (Phi) is 9.09. The van der Waals surface area contributed by atoms with Crippen LogP contribution in [0, 0.1) is 10.1 Å². The van der Waals surface area contributed by atoms with E-state index in [1.165, 1.54) is 18.2 Å². The van der Waals surface area contributed by atoms with Gasteiger partial charge in [-0.3, -0.25) is 19.7 Å². The molecule has 3 N–H and O–H groups in total. The molecule has 190 valence electrons. The summed E-state index contributed by atoms with van der Waals surface area (Å²) in [6.45, 7) is 5.83. The predicted molar refractivity (Wildman–Crippen MR) is 142 cm³/mol. The number of phenolic OH excluding ortho intramolecular Hbond substituents is 1. The quantitative estimate of drug-likeness (QED) is 0.166. The lowest BCUT2D eigenvalue weighted by molar-refractivity contribution is -0.385. The van der Waals surface area contributed by atoms with E-state index in [4.69, 9.17) is 0 Å². The third-order valence-corrected chi connectivity index (χ3v) is 5.47. The lowest BCUT2D eigenvalue weighted by Gasteiger charge is -2.20. The van der Waals surface area contributed by atoms with Gasteiger partial charge in [-0.15, -0.1) is 0 Å². The summed E-state index contributed by atoms with van der Waals surface area (Å²) < 4.78 is 0. The van der Waals surface area contributed by atoms with Gasteiger partial charge >= 0.3 is 5.69 Å². The number of phenols is 1. The van der Waals surface area contributed by atoms with Gasteiger partial charge in [0.1, 0.15) is 5.70 Å². The number of carbonyl (C=O) groups excluding carboxylic acids is 2. The van der Waals surface area contributed by atoms with Crippen LogP contribution in [-0.2, 0) is 4.79 Å². The predicted octanol–water partition coefficient (Wildman–Crippen LogP) is 4.07. The Hall–Kier alpha value is -4.99. The summed E-state index contributed by atoms with van der Waals surface area (Å²) in [4.78, 5) is 38.1. The molecule has 0 aliphatic rings. The fraction of sp³-hybridized carbons (Fsp3) is 0.148. The molecular weight excluding hydrogens is 474 g/mol. The zero-order valence-corrected chi connectivity index (χ0v) is 20.4. The van der Waals surface area contributed by atoms with Crippen molar-refractivity contribution in [1.82, 2.24) is 10.7 Å². The molecule has 10 nitrogen and oxygen atoms in total. The number of anilines is 1. The fourth-order valence-corrected chi connectivity index (χ4v) is 3.50. The first-order valence-electron chi connectivity index (χ1n) is 11.6. The van der Waals surface area contributed by atoms with E-state index in [2.05, 4.69) is 34.6 Å². The van der Waals surface area contributed by atoms with E-state index in [9.17, 15) is 24.8 Å². The Morgan fingerprint density at radius 2 is 1.68 bits per heavy atom. The molecule has 0 bridgehead atoms. The van der Waals surface area contributed by atoms with E-state index < -0.39 is 28.2 Å². The minimum Gasteiger partial charge on any atom is -0.502 e. The average Bonchev–Trinajstić information content (AvgIpc) is 2.91. The van der Waals surface area contributed by atoms with Crippen LogP contribution in [-0.4, -0.2) is 41.1 Å². The number of hydrogen-bond acceptors (Lipinski definition) is 7. The first-order valence-corrected chi connectivity index (χ1v) is 11.6. The molecule has 0 aliphatic carbocycles. The van der Waals surface area contributed by atoms with Crippen LogP contribution < -0.4 is 15.6 Å². The largest absolute Gasteiger partial charge is 0.502 e. The van der Waals surface area contributed by atoms with Gasteiger partial charge in [0.25, 0.3) is 11.8 Å². The molecule has 0 saturated heterocycles. The maximum atomic E-state index is 12.9. The number of hydrogen-bond donors (Lipinski definition) is 3. The maximum Gasteiger partial charge on any atom is 0.311 e. The first kappa shape index (κ1) is 26.6. The lowest BCUT2D eigenvalue weighted by Crippen LogP contribution is -2.32. The normalized spacial score (nSPS) is 11.2. The number of benzene rings is 3. The van der Waals surface area contributed by atoms with Gasteiger partial charge in [0.2, 0.25) is 5.75 Å². The second kappa shape index (κ2) is 12.6. The Labute approximate surface area is 214 Å². The van der Waals surface area contributed by atoms with Gasteiger partial charge < -0.3 is 15.3 Å². The van der Waals surface area contributed by atoms with E-state index in [1.54, 1.807) is 30.3 Å². The molecule has 10 heteroatoms. The molecule has 3 aromatic rings. The summed E-state index contributed by atoms with van der Waals surface area (Å²) in [5.41, 5.74) is 3.85. The Bertz CT molecular complexity index is 1320. The van der Waals surface area contributed by atoms with Crippen molar-refractivity contribution in [3.05, 3.63) is 105 Å². The van der Waals surface area contributed by atoms with Gasteiger partial charge in [-0.05, 0) is 55.8 Å². The summed E-state index contributed by atoms with van der Waals surface area (Å²) >= 11 is 0. The van der Waals surface area contributed by atoms with Crippen molar-refractivity contribution in [3.63, 3.8) is 0 Å². The summed E-state index contributed by atoms with van der Waals surface area (Å²) in [5, 5.41) is 27.5. The number of hydrazone groups is 1. The van der Waals surface area contributed by atoms with Crippen molar-refractivity contribution in [2.75, 3.05) is 18.0 Å². The van der Waals surface area contributed by atoms with Gasteiger partial charge in [0.05, 0.1) is 11.1 Å². The molecule has 0 unspecified atom stereocenters. The van der Waals surface area contributed by atoms with E-state index in [1.807, 2.05) is 24.3 Å². The average molecular weight is 502 g/mol. The number of nitrogens with zero attached hydrogens (tertiary/aromatic N) is 3. The Balaban J connectivity index is 1.85. The summed E-state index contributed by atoms with van der Waals surface area (Å²) in [7, 11) is 0. The van der Waals surface area contributed by atoms with Crippen molar-refractivity contribution >= 4 is 35.5 Å². The molecule has 3 aromatic carbocycles. The highest BCUT2D eigenvalue weighted by molar-refractivity contribution is 6.05. The summed E-state index contributed by atoms with van der Waals surface area (Å²) in [5.74, 6) is -1.78. The summed E-state index contributed by atoms with van der Waals surface area (Å²) in [6, 6.07) is 19.9. The summed E-state index contributed by atoms with van der Waals surface area (Å²) in [6.07, 6.45) is 2.60. The zero-order valence-electron chi connectivity index (χ0n) is 20.4. The number of nitrogens with one attached hydrogen (secondary N) is 2. The van der Waals surface area contributed by atoms with Crippen LogP contribution in [0.1, 0.15) is 35.3 Å². The molecule has 0 spiro atoms. The smallest absolute Gasteiger partial charge is 0.311 e. The highest BCUT2D eigenvalue weighted by Crippen LogP contribution is 2.27. The van der Waals surface area contributed by atoms with Gasteiger partial charge in [0.15, 0.2) is 0 Å². The first-order chi connectivity index (χ1) is 17.8. The van der Waals surface area contributed by atoms with E-state index in [0.29, 0.717) is 11.1 Å². The minimum atomic E-state index is -0.725. The highest BCUT2D eigenvalue weighted by atomic mass is 16.6. The molecule has 0 heterocycles. The number of rotatable bonds is 10. The van der Waals surface area contributed by atoms with Crippen molar-refractivity contribution in [3.8, 4) is 5.75 Å². The Morgan fingerprint density at radius 1 is 1.00 bits per heavy atom. The van der Waals surface area contributed by atoms with Gasteiger partial charge in [-0.25, -0.2) is 5.43 Å². The van der Waals surface area contributed by atoms with Gasteiger partial charge in [-0.2, -0.15) is 5.10 Å². The lowest BCUT2D eigenvalue weighted by atomic mass is 10.1. The van der Waals surface area contributed by atoms with Gasteiger partial charge in [-0.1, -0.05) is 36.4 Å². The minimum absolute atomic E-state index is 0.0420. The van der Waals surface area contributed by atoms with Crippen LogP contribution in [0.3, 0.4) is 0 Å². The number of amides is 2. The number of para-hydroxylation sites is 1. The number of nitro groups is 1. The molecule has 0 saturated carbocycles. The topological polar surface area (TPSA) is 137 Å². The van der Waals surface area contributed by atoms with Gasteiger partial charge in [0, 0.05) is 36.0 Å². The van der Waals surface area contributed by atoms with E-state index >= 15 is 0 Å². The maximum absolute atomic E-state index is 12.9. The van der Waals surface area contributed by atoms with E-state index in [0.717, 1.165) is 31.1 Å². The van der Waals surface area contributed by atoms with Crippen LogP contribution in [0.5, 0.6) is 5.75 Å². The van der Waals surface area contributed by atoms with Crippen LogP contribution >= 0.6 is 0 Å². The van der Waals surface area contributed by atoms with Crippen LogP contribution in [0.4, 0.5) is 11.4 Å². The molecule has 3 rings (SSSR count). The van der Waals surface area contributed by atoms with Crippen LogP contribution in [0.25, 0.3) is 6.08 Å². The van der Waals surface area contributed by atoms with Crippen molar-refractivity contribution < 1.29 is 19.6 Å². The molecule has 0 aromatic heterocycles. The molecule has 0 atom stereocenters. The molecule has 37 heavy (non-hydrogen) atoms. The number of aromatic hydroxyl groups is 1. The second-order valence-electron chi connectivity index (χ2n) is 7.81. The zero-order chi connectivity index (χ0) is 26.8. The van der Waals surface area contributed by atoms with E-state index in [-0.39, 0.29) is 11.3 Å². The number of carbonyl (C=O) groups is 2. The second-order valence-corrected chi connectivity index (χ2v) is 7.81. The molecular formula is C27H27N5O5. The third kappa shape index (κ3) is 7.01. The SMILES string of the molecule is CCN(CC)c1ccc(C=C(NC(=O)c2ccccc2)C(=O)N/N=C/c2cccc([N+](=O)[O-])c2O)cc1. The molecule has 2 amide bonds.